The highest BCUT2D eigenvalue weighted by Crippen LogP contribution is 2.29. The Labute approximate surface area is 78.1 Å². The first kappa shape index (κ1) is 6.91. The molecule has 0 aliphatic heterocycles. The van der Waals surface area contributed by atoms with Gasteiger partial charge in [0.05, 0.1) is 16.4 Å². The molecule has 13 heavy (non-hydrogen) atoms. The fraction of sp³-hybridized carbons (Fsp3) is 0. The van der Waals surface area contributed by atoms with Crippen LogP contribution in [0.4, 0.5) is 0 Å². The lowest BCUT2D eigenvalue weighted by molar-refractivity contribution is 1.09. The van der Waals surface area contributed by atoms with Gasteiger partial charge >= 0.3 is 0 Å². The lowest BCUT2D eigenvalue weighted by Crippen LogP contribution is -1.76. The van der Waals surface area contributed by atoms with Crippen LogP contribution in [0.25, 0.3) is 20.4 Å². The van der Waals surface area contributed by atoms with Gasteiger partial charge in [0.15, 0.2) is 0 Å². The summed E-state index contributed by atoms with van der Waals surface area (Å²) in [6, 6.07) is 5.94. The molecule has 0 aromatic carbocycles. The van der Waals surface area contributed by atoms with Gasteiger partial charge in [-0.2, -0.15) is 5.10 Å². The molecule has 0 amide bonds. The van der Waals surface area contributed by atoms with E-state index in [9.17, 15) is 0 Å². The van der Waals surface area contributed by atoms with Gasteiger partial charge in [-0.3, -0.25) is 4.98 Å². The highest BCUT2D eigenvalue weighted by Gasteiger charge is 2.04. The SMILES string of the molecule is c1cnc2c(c1)sc1nnccc12. The fourth-order valence-electron chi connectivity index (χ4n) is 1.35. The minimum Gasteiger partial charge on any atom is -0.255 e. The van der Waals surface area contributed by atoms with E-state index in [-0.39, 0.29) is 0 Å². The quantitative estimate of drug-likeness (QED) is 0.541. The summed E-state index contributed by atoms with van der Waals surface area (Å²) >= 11 is 1.63. The van der Waals surface area contributed by atoms with Crippen molar-refractivity contribution in [1.82, 2.24) is 15.2 Å². The molecule has 3 aromatic rings. The van der Waals surface area contributed by atoms with Crippen molar-refractivity contribution < 1.29 is 0 Å². The Hall–Kier alpha value is -1.55. The fourth-order valence-corrected chi connectivity index (χ4v) is 2.33. The molecule has 3 heterocycles. The molecule has 0 saturated heterocycles. The third-order valence-corrected chi connectivity index (χ3v) is 2.96. The molecule has 0 saturated carbocycles. The van der Waals surface area contributed by atoms with Gasteiger partial charge in [-0.05, 0) is 18.2 Å². The Morgan fingerprint density at radius 3 is 3.15 bits per heavy atom. The highest BCUT2D eigenvalue weighted by atomic mass is 32.1. The van der Waals surface area contributed by atoms with Gasteiger partial charge in [0, 0.05) is 11.6 Å². The molecule has 3 aromatic heterocycles. The molecule has 4 heteroatoms. The van der Waals surface area contributed by atoms with E-state index in [4.69, 9.17) is 0 Å². The van der Waals surface area contributed by atoms with Crippen molar-refractivity contribution >= 4 is 31.8 Å². The minimum absolute atomic E-state index is 0.955. The van der Waals surface area contributed by atoms with Gasteiger partial charge in [-0.15, -0.1) is 16.4 Å². The molecule has 0 spiro atoms. The zero-order valence-electron chi connectivity index (χ0n) is 6.64. The number of rotatable bonds is 0. The van der Waals surface area contributed by atoms with Crippen LogP contribution in [-0.4, -0.2) is 15.2 Å². The van der Waals surface area contributed by atoms with Crippen molar-refractivity contribution in [3.8, 4) is 0 Å². The highest BCUT2D eigenvalue weighted by molar-refractivity contribution is 7.25. The number of thiophene rings is 1. The molecule has 3 rings (SSSR count). The minimum atomic E-state index is 0.955. The van der Waals surface area contributed by atoms with Gasteiger partial charge in [0.25, 0.3) is 0 Å². The molecule has 0 atom stereocenters. The largest absolute Gasteiger partial charge is 0.255 e. The third-order valence-electron chi connectivity index (χ3n) is 1.92. The summed E-state index contributed by atoms with van der Waals surface area (Å²) < 4.78 is 1.16. The van der Waals surface area contributed by atoms with Crippen LogP contribution < -0.4 is 0 Å². The lowest BCUT2D eigenvalue weighted by Gasteiger charge is -1.86. The van der Waals surface area contributed by atoms with Crippen molar-refractivity contribution in [3.63, 3.8) is 0 Å². The predicted octanol–water partition coefficient (Wildman–Crippen LogP) is 2.24. The van der Waals surface area contributed by atoms with Crippen molar-refractivity contribution in [3.05, 3.63) is 30.6 Å². The van der Waals surface area contributed by atoms with Crippen LogP contribution in [0.3, 0.4) is 0 Å². The summed E-state index contributed by atoms with van der Waals surface area (Å²) in [6.07, 6.45) is 3.50. The second-order valence-corrected chi connectivity index (χ2v) is 3.73. The van der Waals surface area contributed by atoms with Crippen LogP contribution in [0.1, 0.15) is 0 Å². The van der Waals surface area contributed by atoms with Crippen LogP contribution >= 0.6 is 11.3 Å². The van der Waals surface area contributed by atoms with Crippen molar-refractivity contribution in [2.75, 3.05) is 0 Å². The zero-order valence-corrected chi connectivity index (χ0v) is 7.45. The van der Waals surface area contributed by atoms with E-state index in [0.29, 0.717) is 0 Å². The second-order valence-electron chi connectivity index (χ2n) is 2.70. The maximum atomic E-state index is 4.31. The smallest absolute Gasteiger partial charge is 0.148 e. The van der Waals surface area contributed by atoms with Gasteiger partial charge in [-0.1, -0.05) is 0 Å². The number of hydrogen-bond acceptors (Lipinski definition) is 4. The molecule has 3 nitrogen and oxygen atoms in total. The lowest BCUT2D eigenvalue weighted by atomic mass is 10.3. The van der Waals surface area contributed by atoms with Crippen LogP contribution in [0.15, 0.2) is 30.6 Å². The van der Waals surface area contributed by atoms with Gasteiger partial charge in [-0.25, -0.2) is 0 Å². The summed E-state index contributed by atoms with van der Waals surface area (Å²) in [4.78, 5) is 5.27. The first-order valence-electron chi connectivity index (χ1n) is 3.90. The van der Waals surface area contributed by atoms with Crippen molar-refractivity contribution in [2.24, 2.45) is 0 Å². The first-order valence-corrected chi connectivity index (χ1v) is 4.72. The molecule has 0 unspecified atom stereocenters. The molecule has 0 bridgehead atoms. The van der Waals surface area contributed by atoms with Crippen molar-refractivity contribution in [1.29, 1.82) is 0 Å². The second kappa shape index (κ2) is 2.47. The molecular formula is C9H5N3S. The molecule has 0 aliphatic rings. The molecular weight excluding hydrogens is 182 g/mol. The molecule has 0 aliphatic carbocycles. The van der Waals surface area contributed by atoms with Crippen LogP contribution in [0.5, 0.6) is 0 Å². The van der Waals surface area contributed by atoms with Gasteiger partial charge < -0.3 is 0 Å². The Bertz CT molecular complexity index is 523. The van der Waals surface area contributed by atoms with E-state index in [1.807, 2.05) is 12.1 Å². The number of fused-ring (bicyclic) bond motifs is 3. The number of aromatic nitrogens is 3. The first-order chi connectivity index (χ1) is 6.45. The van der Waals surface area contributed by atoms with E-state index in [1.165, 1.54) is 0 Å². The molecule has 0 N–H and O–H groups in total. The number of nitrogens with zero attached hydrogens (tertiary/aromatic N) is 3. The standard InChI is InChI=1S/C9H5N3S/c1-2-7-8(10-4-1)6-3-5-11-12-9(6)13-7/h1-5H. The summed E-state index contributed by atoms with van der Waals surface area (Å²) in [5.41, 5.74) is 1.03. The molecule has 0 radical (unpaired) electrons. The van der Waals surface area contributed by atoms with Gasteiger partial charge in [0.2, 0.25) is 0 Å². The van der Waals surface area contributed by atoms with Crippen LogP contribution in [0, 0.1) is 0 Å². The molecule has 0 fully saturated rings. The van der Waals surface area contributed by atoms with E-state index >= 15 is 0 Å². The zero-order chi connectivity index (χ0) is 8.67. The van der Waals surface area contributed by atoms with Crippen molar-refractivity contribution in [2.45, 2.75) is 0 Å². The average Bonchev–Trinajstić information content (AvgIpc) is 2.56. The Morgan fingerprint density at radius 2 is 2.15 bits per heavy atom. The van der Waals surface area contributed by atoms with E-state index < -0.39 is 0 Å². The normalized spacial score (nSPS) is 11.1. The van der Waals surface area contributed by atoms with Crippen LogP contribution in [-0.2, 0) is 0 Å². The Balaban J connectivity index is 2.64. The summed E-state index contributed by atoms with van der Waals surface area (Å²) in [5, 5.41) is 8.98. The van der Waals surface area contributed by atoms with Gasteiger partial charge in [0.1, 0.15) is 4.83 Å². The number of pyridine rings is 1. The topological polar surface area (TPSA) is 38.7 Å². The number of hydrogen-bond donors (Lipinski definition) is 0. The summed E-state index contributed by atoms with van der Waals surface area (Å²) in [7, 11) is 0. The maximum absolute atomic E-state index is 4.31. The van der Waals surface area contributed by atoms with E-state index in [0.717, 1.165) is 20.4 Å². The Morgan fingerprint density at radius 1 is 1.15 bits per heavy atom. The third kappa shape index (κ3) is 0.922. The molecule has 62 valence electrons. The van der Waals surface area contributed by atoms with E-state index in [1.54, 1.807) is 23.7 Å². The predicted molar refractivity (Wildman–Crippen MR) is 52.7 cm³/mol. The van der Waals surface area contributed by atoms with Crippen LogP contribution in [0.2, 0.25) is 0 Å². The summed E-state index contributed by atoms with van der Waals surface area (Å²) in [5.74, 6) is 0. The summed E-state index contributed by atoms with van der Waals surface area (Å²) in [6.45, 7) is 0. The van der Waals surface area contributed by atoms with E-state index in [2.05, 4.69) is 21.2 Å². The average molecular weight is 187 g/mol. The maximum Gasteiger partial charge on any atom is 0.148 e. The Kier molecular flexibility index (Phi) is 1.31. The monoisotopic (exact) mass is 187 g/mol.